The first kappa shape index (κ1) is 13.4. The van der Waals surface area contributed by atoms with Crippen molar-refractivity contribution >= 4 is 5.91 Å². The van der Waals surface area contributed by atoms with Crippen LogP contribution in [0.4, 0.5) is 0 Å². The van der Waals surface area contributed by atoms with Gasteiger partial charge in [-0.15, -0.1) is 0 Å². The number of carbonyl (C=O) groups is 1. The van der Waals surface area contributed by atoms with Crippen LogP contribution in [0.2, 0.25) is 0 Å². The Morgan fingerprint density at radius 1 is 1.50 bits per heavy atom. The summed E-state index contributed by atoms with van der Waals surface area (Å²) < 4.78 is 5.23. The molecule has 2 N–H and O–H groups in total. The zero-order chi connectivity index (χ0) is 12.0. The lowest BCUT2D eigenvalue weighted by Gasteiger charge is -2.32. The first-order valence-electron chi connectivity index (χ1n) is 5.93. The number of rotatable bonds is 5. The Bertz CT molecular complexity index is 217. The fourth-order valence-electron chi connectivity index (χ4n) is 1.77. The van der Waals surface area contributed by atoms with E-state index in [-0.39, 0.29) is 11.9 Å². The maximum Gasteiger partial charge on any atom is 0.239 e. The second kappa shape index (κ2) is 6.83. The molecule has 0 aromatic rings. The van der Waals surface area contributed by atoms with Crippen LogP contribution in [0.1, 0.15) is 13.3 Å². The molecule has 94 valence electrons. The molecular weight excluding hydrogens is 206 g/mol. The van der Waals surface area contributed by atoms with Crippen molar-refractivity contribution in [2.24, 2.45) is 5.73 Å². The Labute approximate surface area is 97.5 Å². The molecule has 1 fully saturated rings. The molecule has 0 radical (unpaired) electrons. The molecule has 0 saturated carbocycles. The number of nitrogens with zero attached hydrogens (tertiary/aromatic N) is 2. The van der Waals surface area contributed by atoms with Crippen LogP contribution in [0.15, 0.2) is 0 Å². The van der Waals surface area contributed by atoms with Gasteiger partial charge in [-0.05, 0) is 33.5 Å². The number of carbonyl (C=O) groups excluding carboxylic acids is 1. The molecule has 0 aliphatic carbocycles. The van der Waals surface area contributed by atoms with E-state index in [2.05, 4.69) is 4.90 Å². The molecular formula is C11H23N3O2. The predicted octanol–water partition coefficient (Wildman–Crippen LogP) is -0.486. The van der Waals surface area contributed by atoms with Crippen molar-refractivity contribution in [1.29, 1.82) is 0 Å². The van der Waals surface area contributed by atoms with E-state index in [1.165, 1.54) is 0 Å². The van der Waals surface area contributed by atoms with Crippen molar-refractivity contribution in [2.45, 2.75) is 19.4 Å². The number of nitrogens with two attached hydrogens (primary N) is 1. The van der Waals surface area contributed by atoms with Gasteiger partial charge >= 0.3 is 0 Å². The summed E-state index contributed by atoms with van der Waals surface area (Å²) in [6.07, 6.45) is 0.928. The van der Waals surface area contributed by atoms with Gasteiger partial charge < -0.3 is 15.4 Å². The molecule has 5 heteroatoms. The molecule has 1 rings (SSSR count). The third-order valence-electron chi connectivity index (χ3n) is 3.06. The standard InChI is InChI=1S/C11H23N3O2/c1-10(13(2)5-3-4-12)11(15)14-6-8-16-9-7-14/h10H,3-9,12H2,1-2H3. The summed E-state index contributed by atoms with van der Waals surface area (Å²) in [4.78, 5) is 16.0. The van der Waals surface area contributed by atoms with Gasteiger partial charge in [0.25, 0.3) is 0 Å². The van der Waals surface area contributed by atoms with Crippen molar-refractivity contribution in [3.63, 3.8) is 0 Å². The number of morpholine rings is 1. The van der Waals surface area contributed by atoms with Crippen LogP contribution in [0, 0.1) is 0 Å². The molecule has 0 aromatic heterocycles. The lowest BCUT2D eigenvalue weighted by atomic mass is 10.2. The number of hydrogen-bond donors (Lipinski definition) is 1. The minimum absolute atomic E-state index is 0.0651. The van der Waals surface area contributed by atoms with Gasteiger partial charge in [0.2, 0.25) is 5.91 Å². The van der Waals surface area contributed by atoms with Crippen LogP contribution < -0.4 is 5.73 Å². The van der Waals surface area contributed by atoms with E-state index in [0.717, 1.165) is 13.0 Å². The zero-order valence-corrected chi connectivity index (χ0v) is 10.3. The summed E-state index contributed by atoms with van der Waals surface area (Å²) in [5.74, 6) is 0.197. The van der Waals surface area contributed by atoms with Crippen LogP contribution >= 0.6 is 0 Å². The summed E-state index contributed by atoms with van der Waals surface area (Å²) in [7, 11) is 1.97. The summed E-state index contributed by atoms with van der Waals surface area (Å²) in [5.41, 5.74) is 5.46. The highest BCUT2D eigenvalue weighted by molar-refractivity contribution is 5.81. The minimum atomic E-state index is -0.0651. The quantitative estimate of drug-likeness (QED) is 0.691. The van der Waals surface area contributed by atoms with Gasteiger partial charge in [0.05, 0.1) is 19.3 Å². The number of ether oxygens (including phenoxy) is 1. The van der Waals surface area contributed by atoms with Gasteiger partial charge in [0, 0.05) is 13.1 Å². The molecule has 5 nitrogen and oxygen atoms in total. The Balaban J connectivity index is 2.38. The molecule has 16 heavy (non-hydrogen) atoms. The van der Waals surface area contributed by atoms with E-state index < -0.39 is 0 Å². The van der Waals surface area contributed by atoms with Crippen molar-refractivity contribution in [3.8, 4) is 0 Å². The summed E-state index contributed by atoms with van der Waals surface area (Å²) >= 11 is 0. The van der Waals surface area contributed by atoms with Crippen molar-refractivity contribution in [2.75, 3.05) is 46.4 Å². The van der Waals surface area contributed by atoms with E-state index in [1.54, 1.807) is 0 Å². The highest BCUT2D eigenvalue weighted by Crippen LogP contribution is 2.05. The SMILES string of the molecule is CC(C(=O)N1CCOCC1)N(C)CCCN. The van der Waals surface area contributed by atoms with E-state index >= 15 is 0 Å². The average molecular weight is 229 g/mol. The van der Waals surface area contributed by atoms with Crippen LogP contribution in [0.3, 0.4) is 0 Å². The highest BCUT2D eigenvalue weighted by atomic mass is 16.5. The molecule has 1 aliphatic heterocycles. The summed E-state index contributed by atoms with van der Waals surface area (Å²) in [6.45, 7) is 6.24. The van der Waals surface area contributed by atoms with Crippen LogP contribution in [-0.2, 0) is 9.53 Å². The number of amides is 1. The fourth-order valence-corrected chi connectivity index (χ4v) is 1.77. The lowest BCUT2D eigenvalue weighted by molar-refractivity contribution is -0.140. The highest BCUT2D eigenvalue weighted by Gasteiger charge is 2.24. The third kappa shape index (κ3) is 3.73. The van der Waals surface area contributed by atoms with E-state index in [4.69, 9.17) is 10.5 Å². The Kier molecular flexibility index (Phi) is 5.73. The smallest absolute Gasteiger partial charge is 0.239 e. The Morgan fingerprint density at radius 2 is 2.12 bits per heavy atom. The van der Waals surface area contributed by atoms with Crippen LogP contribution in [0.5, 0.6) is 0 Å². The maximum absolute atomic E-state index is 12.1. The number of likely N-dealkylation sites (N-methyl/N-ethyl adjacent to an activating group) is 1. The van der Waals surface area contributed by atoms with Crippen LogP contribution in [0.25, 0.3) is 0 Å². The molecule has 1 aliphatic rings. The number of hydrogen-bond acceptors (Lipinski definition) is 4. The first-order valence-corrected chi connectivity index (χ1v) is 5.93. The van der Waals surface area contributed by atoms with E-state index in [1.807, 2.05) is 18.9 Å². The van der Waals surface area contributed by atoms with Gasteiger partial charge in [0.15, 0.2) is 0 Å². The monoisotopic (exact) mass is 229 g/mol. The lowest BCUT2D eigenvalue weighted by Crippen LogP contribution is -2.49. The fraction of sp³-hybridized carbons (Fsp3) is 0.909. The molecule has 1 amide bonds. The average Bonchev–Trinajstić information content (AvgIpc) is 2.35. The van der Waals surface area contributed by atoms with Crippen molar-refractivity contribution in [3.05, 3.63) is 0 Å². The second-order valence-electron chi connectivity index (χ2n) is 4.24. The normalized spacial score (nSPS) is 18.9. The van der Waals surface area contributed by atoms with E-state index in [9.17, 15) is 4.79 Å². The van der Waals surface area contributed by atoms with Gasteiger partial charge in [0.1, 0.15) is 0 Å². The minimum Gasteiger partial charge on any atom is -0.378 e. The van der Waals surface area contributed by atoms with Crippen LogP contribution in [-0.4, -0.2) is 68.2 Å². The molecule has 0 aromatic carbocycles. The molecule has 1 saturated heterocycles. The van der Waals surface area contributed by atoms with Gasteiger partial charge in [-0.25, -0.2) is 0 Å². The maximum atomic E-state index is 12.1. The largest absolute Gasteiger partial charge is 0.378 e. The van der Waals surface area contributed by atoms with Gasteiger partial charge in [-0.1, -0.05) is 0 Å². The van der Waals surface area contributed by atoms with Gasteiger partial charge in [-0.3, -0.25) is 9.69 Å². The second-order valence-corrected chi connectivity index (χ2v) is 4.24. The Hall–Kier alpha value is -0.650. The molecule has 0 bridgehead atoms. The van der Waals surface area contributed by atoms with Crippen molar-refractivity contribution < 1.29 is 9.53 Å². The van der Waals surface area contributed by atoms with Crippen molar-refractivity contribution in [1.82, 2.24) is 9.80 Å². The molecule has 1 atom stereocenters. The predicted molar refractivity (Wildman–Crippen MR) is 63.2 cm³/mol. The van der Waals surface area contributed by atoms with E-state index in [0.29, 0.717) is 32.8 Å². The summed E-state index contributed by atoms with van der Waals surface area (Å²) in [6, 6.07) is -0.0651. The topological polar surface area (TPSA) is 58.8 Å². The first-order chi connectivity index (χ1) is 7.66. The zero-order valence-electron chi connectivity index (χ0n) is 10.3. The molecule has 1 heterocycles. The third-order valence-corrected chi connectivity index (χ3v) is 3.06. The summed E-state index contributed by atoms with van der Waals surface area (Å²) in [5, 5.41) is 0. The Morgan fingerprint density at radius 3 is 2.69 bits per heavy atom. The van der Waals surface area contributed by atoms with Gasteiger partial charge in [-0.2, -0.15) is 0 Å². The molecule has 0 spiro atoms. The molecule has 1 unspecified atom stereocenters.